The number of ether oxygens (including phenoxy) is 1. The summed E-state index contributed by atoms with van der Waals surface area (Å²) in [5.41, 5.74) is 1.29. The van der Waals surface area contributed by atoms with E-state index in [1.165, 1.54) is 12.1 Å². The lowest BCUT2D eigenvalue weighted by molar-refractivity contribution is 0.0690. The second-order valence-electron chi connectivity index (χ2n) is 5.92. The van der Waals surface area contributed by atoms with Gasteiger partial charge in [-0.3, -0.25) is 0 Å². The van der Waals surface area contributed by atoms with Crippen molar-refractivity contribution in [3.8, 4) is 5.75 Å². The molecule has 0 aliphatic rings. The normalized spacial score (nSPS) is 10.7. The maximum Gasteiger partial charge on any atom is 0.354 e. The first-order valence-electron chi connectivity index (χ1n) is 8.07. The zero-order valence-corrected chi connectivity index (χ0v) is 16.5. The van der Waals surface area contributed by atoms with E-state index < -0.39 is 11.8 Å². The van der Waals surface area contributed by atoms with Crippen LogP contribution in [0.2, 0.25) is 15.1 Å². The Bertz CT molecular complexity index is 1040. The zero-order valence-electron chi connectivity index (χ0n) is 14.3. The number of aromatic nitrogens is 1. The molecule has 144 valence electrons. The molecular formula is C20H13Cl3FNO3. The van der Waals surface area contributed by atoms with Crippen molar-refractivity contribution in [3.05, 3.63) is 91.9 Å². The summed E-state index contributed by atoms with van der Waals surface area (Å²) in [6, 6.07) is 12.2. The highest BCUT2D eigenvalue weighted by atomic mass is 35.5. The highest BCUT2D eigenvalue weighted by Crippen LogP contribution is 2.27. The molecule has 2 aromatic carbocycles. The molecule has 0 aliphatic heterocycles. The fraction of sp³-hybridized carbons (Fsp3) is 0.100. The van der Waals surface area contributed by atoms with Gasteiger partial charge in [-0.25, -0.2) is 14.2 Å². The van der Waals surface area contributed by atoms with Crippen LogP contribution in [-0.4, -0.2) is 16.1 Å². The van der Waals surface area contributed by atoms with Gasteiger partial charge in [0, 0.05) is 38.3 Å². The van der Waals surface area contributed by atoms with Crippen LogP contribution < -0.4 is 4.74 Å². The molecule has 8 heteroatoms. The number of pyridine rings is 1. The molecule has 0 aliphatic carbocycles. The van der Waals surface area contributed by atoms with Gasteiger partial charge in [-0.05, 0) is 42.5 Å². The molecule has 0 bridgehead atoms. The minimum absolute atomic E-state index is 0.0129. The number of halogens is 4. The predicted octanol–water partition coefficient (Wildman–Crippen LogP) is 6.05. The molecule has 0 saturated carbocycles. The van der Waals surface area contributed by atoms with Crippen molar-refractivity contribution in [2.45, 2.75) is 13.0 Å². The summed E-state index contributed by atoms with van der Waals surface area (Å²) in [6.07, 6.45) is 0.236. The highest BCUT2D eigenvalue weighted by Gasteiger charge is 2.13. The topological polar surface area (TPSA) is 59.4 Å². The van der Waals surface area contributed by atoms with Gasteiger partial charge in [-0.1, -0.05) is 40.9 Å². The summed E-state index contributed by atoms with van der Waals surface area (Å²) in [5.74, 6) is -1.17. The third-order valence-corrected chi connectivity index (χ3v) is 4.54. The Morgan fingerprint density at radius 1 is 0.964 bits per heavy atom. The number of rotatable bonds is 6. The lowest BCUT2D eigenvalue weighted by atomic mass is 10.1. The maximum atomic E-state index is 14.0. The third kappa shape index (κ3) is 5.13. The highest BCUT2D eigenvalue weighted by molar-refractivity contribution is 6.31. The Morgan fingerprint density at radius 2 is 1.68 bits per heavy atom. The molecule has 1 aromatic heterocycles. The summed E-state index contributed by atoms with van der Waals surface area (Å²) < 4.78 is 19.7. The van der Waals surface area contributed by atoms with Gasteiger partial charge in [-0.2, -0.15) is 0 Å². The number of nitrogens with zero attached hydrogens (tertiary/aromatic N) is 1. The van der Waals surface area contributed by atoms with Crippen LogP contribution in [0.25, 0.3) is 0 Å². The van der Waals surface area contributed by atoms with E-state index in [9.17, 15) is 9.18 Å². The van der Waals surface area contributed by atoms with E-state index in [0.717, 1.165) is 0 Å². The van der Waals surface area contributed by atoms with Gasteiger partial charge in [0.2, 0.25) is 0 Å². The number of carbonyl (C=O) groups is 1. The van der Waals surface area contributed by atoms with E-state index in [1.807, 2.05) is 0 Å². The summed E-state index contributed by atoms with van der Waals surface area (Å²) in [5, 5.41) is 10.2. The number of aromatic carboxylic acids is 1. The lowest BCUT2D eigenvalue weighted by Gasteiger charge is -2.13. The fourth-order valence-electron chi connectivity index (χ4n) is 2.57. The molecule has 0 unspecified atom stereocenters. The summed E-state index contributed by atoms with van der Waals surface area (Å²) in [7, 11) is 0. The van der Waals surface area contributed by atoms with Gasteiger partial charge in [0.05, 0.1) is 0 Å². The molecule has 3 rings (SSSR count). The summed E-state index contributed by atoms with van der Waals surface area (Å²) in [4.78, 5) is 15.3. The van der Waals surface area contributed by atoms with Crippen LogP contribution in [0, 0.1) is 5.82 Å². The van der Waals surface area contributed by atoms with Gasteiger partial charge in [-0.15, -0.1) is 0 Å². The fourth-order valence-corrected chi connectivity index (χ4v) is 3.15. The Hall–Kier alpha value is -2.34. The third-order valence-electron chi connectivity index (χ3n) is 3.85. The molecule has 0 amide bonds. The zero-order chi connectivity index (χ0) is 20.3. The molecule has 0 atom stereocenters. The first-order chi connectivity index (χ1) is 13.3. The van der Waals surface area contributed by atoms with Crippen LogP contribution in [-0.2, 0) is 13.0 Å². The average Bonchev–Trinajstić information content (AvgIpc) is 2.62. The summed E-state index contributed by atoms with van der Waals surface area (Å²) >= 11 is 17.8. The summed E-state index contributed by atoms with van der Waals surface area (Å²) in [6.45, 7) is -0.0129. The van der Waals surface area contributed by atoms with Gasteiger partial charge < -0.3 is 9.84 Å². The van der Waals surface area contributed by atoms with E-state index in [2.05, 4.69) is 4.98 Å². The smallest absolute Gasteiger partial charge is 0.354 e. The predicted molar refractivity (Wildman–Crippen MR) is 106 cm³/mol. The van der Waals surface area contributed by atoms with Gasteiger partial charge in [0.1, 0.15) is 23.9 Å². The van der Waals surface area contributed by atoms with E-state index in [4.69, 9.17) is 44.6 Å². The van der Waals surface area contributed by atoms with Gasteiger partial charge >= 0.3 is 5.97 Å². The first kappa shape index (κ1) is 20.4. The van der Waals surface area contributed by atoms with E-state index >= 15 is 0 Å². The van der Waals surface area contributed by atoms with Crippen molar-refractivity contribution < 1.29 is 19.0 Å². The second kappa shape index (κ2) is 8.78. The van der Waals surface area contributed by atoms with Crippen molar-refractivity contribution in [3.63, 3.8) is 0 Å². The van der Waals surface area contributed by atoms with Crippen LogP contribution in [0.15, 0.2) is 48.5 Å². The molecule has 1 heterocycles. The number of hydrogen-bond donors (Lipinski definition) is 1. The van der Waals surface area contributed by atoms with E-state index in [1.54, 1.807) is 36.4 Å². The molecular weight excluding hydrogens is 428 g/mol. The maximum absolute atomic E-state index is 14.0. The Kier molecular flexibility index (Phi) is 6.39. The molecule has 0 spiro atoms. The van der Waals surface area contributed by atoms with Crippen molar-refractivity contribution in [1.29, 1.82) is 0 Å². The van der Waals surface area contributed by atoms with E-state index in [-0.39, 0.29) is 23.7 Å². The SMILES string of the molecule is O=C(O)c1cc(Cl)cc(Cc2cc(Cl)ccc2OCc2ccc(Cl)cc2F)n1. The van der Waals surface area contributed by atoms with Crippen molar-refractivity contribution in [2.75, 3.05) is 0 Å². The lowest BCUT2D eigenvalue weighted by Crippen LogP contribution is -2.05. The molecule has 28 heavy (non-hydrogen) atoms. The number of benzene rings is 2. The first-order valence-corrected chi connectivity index (χ1v) is 9.20. The number of hydrogen-bond acceptors (Lipinski definition) is 3. The van der Waals surface area contributed by atoms with Crippen molar-refractivity contribution in [2.24, 2.45) is 0 Å². The van der Waals surface area contributed by atoms with Crippen LogP contribution in [0.5, 0.6) is 5.75 Å². The standard InChI is InChI=1S/C20H13Cl3FNO3/c21-13-3-4-19(28-10-11-1-2-14(22)8-17(11)24)12(5-13)6-16-7-15(23)9-18(25-16)20(26)27/h1-5,7-9H,6,10H2,(H,26,27). The molecule has 0 fully saturated rings. The van der Waals surface area contributed by atoms with Crippen LogP contribution >= 0.6 is 34.8 Å². The minimum Gasteiger partial charge on any atom is -0.489 e. The average molecular weight is 441 g/mol. The van der Waals surface area contributed by atoms with Gasteiger partial charge in [0.15, 0.2) is 0 Å². The minimum atomic E-state index is -1.18. The Balaban J connectivity index is 1.86. The second-order valence-corrected chi connectivity index (χ2v) is 7.23. The van der Waals surface area contributed by atoms with Crippen molar-refractivity contribution in [1.82, 2.24) is 4.98 Å². The van der Waals surface area contributed by atoms with Crippen LogP contribution in [0.4, 0.5) is 4.39 Å². The quantitative estimate of drug-likeness (QED) is 0.507. The molecule has 4 nitrogen and oxygen atoms in total. The molecule has 0 saturated heterocycles. The monoisotopic (exact) mass is 439 g/mol. The Morgan fingerprint density at radius 3 is 2.39 bits per heavy atom. The number of carboxylic acid groups (broad SMARTS) is 1. The largest absolute Gasteiger partial charge is 0.489 e. The van der Waals surface area contributed by atoms with E-state index in [0.29, 0.717) is 32.6 Å². The van der Waals surface area contributed by atoms with Crippen LogP contribution in [0.1, 0.15) is 27.3 Å². The molecule has 3 aromatic rings. The molecule has 1 N–H and O–H groups in total. The number of carboxylic acids is 1. The molecule has 0 radical (unpaired) electrons. The van der Waals surface area contributed by atoms with Crippen molar-refractivity contribution >= 4 is 40.8 Å². The van der Waals surface area contributed by atoms with Crippen LogP contribution in [0.3, 0.4) is 0 Å². The van der Waals surface area contributed by atoms with Gasteiger partial charge in [0.25, 0.3) is 0 Å². The Labute approximate surface area is 175 Å².